The molecule has 0 bridgehead atoms. The van der Waals surface area contributed by atoms with Crippen LogP contribution in [0.1, 0.15) is 40.6 Å². The Bertz CT molecular complexity index is 803. The first-order valence-corrected chi connectivity index (χ1v) is 9.71. The number of carbonyl (C=O) groups is 1. The van der Waals surface area contributed by atoms with Gasteiger partial charge >= 0.3 is 0 Å². The molecule has 8 heteroatoms. The number of amides is 1. The van der Waals surface area contributed by atoms with Crippen LogP contribution in [-0.2, 0) is 21.1 Å². The highest BCUT2D eigenvalue weighted by Gasteiger charge is 2.31. The molecule has 1 heterocycles. The van der Waals surface area contributed by atoms with Gasteiger partial charge in [-0.2, -0.15) is 5.48 Å². The molecule has 2 aromatic rings. The first kappa shape index (κ1) is 19.5. The van der Waals surface area contributed by atoms with Crippen molar-refractivity contribution in [2.75, 3.05) is 14.2 Å². The number of likely N-dealkylation sites (N-methyl/N-ethyl adjacent to an activating group) is 1. The fourth-order valence-corrected chi connectivity index (χ4v) is 3.57. The SMILES string of the molecule is CNC(=O)C(NOC)c1cccc(C)c1CO/N=C(/c1nccs1)C1CC1. The van der Waals surface area contributed by atoms with Crippen LogP contribution in [0.5, 0.6) is 0 Å². The molecule has 1 aromatic heterocycles. The molecule has 1 aromatic carbocycles. The van der Waals surface area contributed by atoms with Gasteiger partial charge < -0.3 is 15.0 Å². The van der Waals surface area contributed by atoms with Gasteiger partial charge in [0, 0.05) is 30.1 Å². The maximum atomic E-state index is 12.3. The van der Waals surface area contributed by atoms with E-state index in [0.717, 1.165) is 40.3 Å². The Hall–Kier alpha value is -2.29. The fourth-order valence-electron chi connectivity index (χ4n) is 2.87. The highest BCUT2D eigenvalue weighted by Crippen LogP contribution is 2.34. The van der Waals surface area contributed by atoms with E-state index in [9.17, 15) is 4.79 Å². The Morgan fingerprint density at radius 3 is 2.89 bits per heavy atom. The minimum Gasteiger partial charge on any atom is -0.391 e. The third-order valence-electron chi connectivity index (χ3n) is 4.49. The monoisotopic (exact) mass is 388 g/mol. The van der Waals surface area contributed by atoms with Crippen molar-refractivity contribution >= 4 is 23.0 Å². The minimum absolute atomic E-state index is 0.186. The maximum Gasteiger partial charge on any atom is 0.243 e. The lowest BCUT2D eigenvalue weighted by atomic mass is 9.96. The molecule has 7 nitrogen and oxygen atoms in total. The second-order valence-electron chi connectivity index (χ2n) is 6.37. The van der Waals surface area contributed by atoms with Gasteiger partial charge in [-0.1, -0.05) is 23.4 Å². The fraction of sp³-hybridized carbons (Fsp3) is 0.421. The number of aromatic nitrogens is 1. The number of hydrogen-bond donors (Lipinski definition) is 2. The quantitative estimate of drug-likeness (QED) is 0.510. The molecule has 0 radical (unpaired) electrons. The van der Waals surface area contributed by atoms with Crippen LogP contribution in [0.25, 0.3) is 0 Å². The van der Waals surface area contributed by atoms with Crippen molar-refractivity contribution in [2.45, 2.75) is 32.4 Å². The zero-order valence-corrected chi connectivity index (χ0v) is 16.5. The number of thiazole rings is 1. The van der Waals surface area contributed by atoms with E-state index in [4.69, 9.17) is 9.68 Å². The van der Waals surface area contributed by atoms with E-state index < -0.39 is 6.04 Å². The average molecular weight is 388 g/mol. The van der Waals surface area contributed by atoms with Crippen molar-refractivity contribution in [2.24, 2.45) is 11.1 Å². The van der Waals surface area contributed by atoms with Crippen LogP contribution < -0.4 is 10.8 Å². The maximum absolute atomic E-state index is 12.3. The molecule has 1 atom stereocenters. The summed E-state index contributed by atoms with van der Waals surface area (Å²) in [6, 6.07) is 5.16. The average Bonchev–Trinajstić information content (AvgIpc) is 3.37. The van der Waals surface area contributed by atoms with Gasteiger partial charge in [0.15, 0.2) is 0 Å². The standard InChI is InChI=1S/C19H24N4O3S/c1-12-5-4-6-14(17(22-25-3)18(24)20-2)15(12)11-26-23-16(13-7-8-13)19-21-9-10-27-19/h4-6,9-10,13,17,22H,7-8,11H2,1-3H3,(H,20,24)/b23-16+. The van der Waals surface area contributed by atoms with Gasteiger partial charge in [0.1, 0.15) is 23.4 Å². The van der Waals surface area contributed by atoms with E-state index >= 15 is 0 Å². The topological polar surface area (TPSA) is 84.8 Å². The second-order valence-corrected chi connectivity index (χ2v) is 7.27. The summed E-state index contributed by atoms with van der Waals surface area (Å²) in [5, 5.41) is 9.89. The minimum atomic E-state index is -0.635. The summed E-state index contributed by atoms with van der Waals surface area (Å²) in [5.74, 6) is 0.245. The van der Waals surface area contributed by atoms with Crippen LogP contribution in [-0.4, -0.2) is 30.8 Å². The van der Waals surface area contributed by atoms with Gasteiger partial charge in [-0.3, -0.25) is 4.79 Å². The first-order chi connectivity index (χ1) is 13.2. The van der Waals surface area contributed by atoms with Crippen molar-refractivity contribution in [3.8, 4) is 0 Å². The zero-order valence-electron chi connectivity index (χ0n) is 15.7. The van der Waals surface area contributed by atoms with E-state index in [1.807, 2.05) is 30.5 Å². The van der Waals surface area contributed by atoms with Crippen molar-refractivity contribution in [3.63, 3.8) is 0 Å². The molecule has 1 unspecified atom stereocenters. The molecule has 1 aliphatic rings. The van der Waals surface area contributed by atoms with E-state index in [-0.39, 0.29) is 12.5 Å². The highest BCUT2D eigenvalue weighted by atomic mass is 32.1. The second kappa shape index (κ2) is 9.07. The van der Waals surface area contributed by atoms with Crippen LogP contribution >= 0.6 is 11.3 Å². The number of nitrogens with zero attached hydrogens (tertiary/aromatic N) is 2. The molecule has 1 saturated carbocycles. The lowest BCUT2D eigenvalue weighted by Crippen LogP contribution is -2.36. The van der Waals surface area contributed by atoms with E-state index in [0.29, 0.717) is 5.92 Å². The third-order valence-corrected chi connectivity index (χ3v) is 5.28. The number of nitrogens with one attached hydrogen (secondary N) is 2. The largest absolute Gasteiger partial charge is 0.391 e. The van der Waals surface area contributed by atoms with Crippen LogP contribution in [0.2, 0.25) is 0 Å². The number of hydrogen-bond acceptors (Lipinski definition) is 7. The molecular formula is C19H24N4O3S. The van der Waals surface area contributed by atoms with E-state index in [1.165, 1.54) is 7.11 Å². The summed E-state index contributed by atoms with van der Waals surface area (Å²) < 4.78 is 0. The summed E-state index contributed by atoms with van der Waals surface area (Å²) in [6.07, 6.45) is 4.02. The van der Waals surface area contributed by atoms with Crippen LogP contribution in [0.4, 0.5) is 0 Å². The summed E-state index contributed by atoms with van der Waals surface area (Å²) in [7, 11) is 3.08. The number of aryl methyl sites for hydroxylation is 1. The predicted octanol–water partition coefficient (Wildman–Crippen LogP) is 2.72. The summed E-state index contributed by atoms with van der Waals surface area (Å²) in [4.78, 5) is 27.4. The summed E-state index contributed by atoms with van der Waals surface area (Å²) in [6.45, 7) is 2.25. The van der Waals surface area contributed by atoms with Gasteiger partial charge in [-0.15, -0.1) is 11.3 Å². The van der Waals surface area contributed by atoms with E-state index in [1.54, 1.807) is 24.6 Å². The molecular weight excluding hydrogens is 364 g/mol. The Kier molecular flexibility index (Phi) is 6.54. The van der Waals surface area contributed by atoms with E-state index in [2.05, 4.69) is 20.9 Å². The lowest BCUT2D eigenvalue weighted by molar-refractivity contribution is -0.126. The molecule has 0 saturated heterocycles. The normalized spacial score (nSPS) is 15.4. The van der Waals surface area contributed by atoms with Crippen molar-refractivity contribution in [1.29, 1.82) is 0 Å². The molecule has 3 rings (SSSR count). The first-order valence-electron chi connectivity index (χ1n) is 8.84. The number of rotatable bonds is 9. The predicted molar refractivity (Wildman–Crippen MR) is 104 cm³/mol. The Morgan fingerprint density at radius 1 is 1.44 bits per heavy atom. The Morgan fingerprint density at radius 2 is 2.26 bits per heavy atom. The highest BCUT2D eigenvalue weighted by molar-refractivity contribution is 7.11. The molecule has 0 spiro atoms. The lowest BCUT2D eigenvalue weighted by Gasteiger charge is -2.20. The summed E-state index contributed by atoms with van der Waals surface area (Å²) in [5.41, 5.74) is 6.41. The Balaban J connectivity index is 1.82. The van der Waals surface area contributed by atoms with Crippen LogP contribution in [0, 0.1) is 12.8 Å². The molecule has 2 N–H and O–H groups in total. The molecule has 1 fully saturated rings. The van der Waals surface area contributed by atoms with Gasteiger partial charge in [0.25, 0.3) is 0 Å². The number of carbonyl (C=O) groups excluding carboxylic acids is 1. The molecule has 27 heavy (non-hydrogen) atoms. The van der Waals surface area contributed by atoms with Crippen LogP contribution in [0.15, 0.2) is 34.9 Å². The van der Waals surface area contributed by atoms with Gasteiger partial charge in [0.2, 0.25) is 5.91 Å². The number of benzene rings is 1. The smallest absolute Gasteiger partial charge is 0.243 e. The third kappa shape index (κ3) is 4.71. The number of oxime groups is 1. The summed E-state index contributed by atoms with van der Waals surface area (Å²) >= 11 is 1.57. The van der Waals surface area contributed by atoms with Crippen molar-refractivity contribution < 1.29 is 14.5 Å². The van der Waals surface area contributed by atoms with Crippen molar-refractivity contribution in [3.05, 3.63) is 51.5 Å². The molecule has 0 aliphatic heterocycles. The van der Waals surface area contributed by atoms with Gasteiger partial charge in [-0.05, 0) is 30.9 Å². The van der Waals surface area contributed by atoms with Gasteiger partial charge in [-0.25, -0.2) is 4.98 Å². The molecule has 144 valence electrons. The van der Waals surface area contributed by atoms with Crippen molar-refractivity contribution in [1.82, 2.24) is 15.8 Å². The zero-order chi connectivity index (χ0) is 19.2. The van der Waals surface area contributed by atoms with Gasteiger partial charge in [0.05, 0.1) is 7.11 Å². The Labute approximate surface area is 162 Å². The molecule has 1 aliphatic carbocycles. The number of hydroxylamine groups is 1. The van der Waals surface area contributed by atoms with Crippen LogP contribution in [0.3, 0.4) is 0 Å². The molecule has 1 amide bonds.